The van der Waals surface area contributed by atoms with E-state index in [0.29, 0.717) is 45.8 Å². The van der Waals surface area contributed by atoms with Crippen LogP contribution in [0.25, 0.3) is 15.9 Å². The van der Waals surface area contributed by atoms with Crippen molar-refractivity contribution in [3.8, 4) is 11.4 Å². The third-order valence-corrected chi connectivity index (χ3v) is 7.73. The first-order chi connectivity index (χ1) is 15.3. The second-order valence-electron chi connectivity index (χ2n) is 8.00. The highest BCUT2D eigenvalue weighted by Gasteiger charge is 2.29. The molecule has 9 heteroatoms. The van der Waals surface area contributed by atoms with Crippen LogP contribution in [0.15, 0.2) is 34.2 Å². The molecule has 0 aliphatic carbocycles. The number of fused-ring (bicyclic) bond motifs is 3. The number of methoxy groups -OCH3 is 2. The van der Waals surface area contributed by atoms with E-state index in [4.69, 9.17) is 19.2 Å². The fourth-order valence-corrected chi connectivity index (χ4v) is 5.86. The number of carbonyl (C=O) groups is 1. The summed E-state index contributed by atoms with van der Waals surface area (Å²) in [4.78, 5) is 32.5. The van der Waals surface area contributed by atoms with Crippen LogP contribution >= 0.6 is 23.1 Å². The number of carbonyl (C=O) groups excluding carboxylic acids is 1. The van der Waals surface area contributed by atoms with Crippen molar-refractivity contribution in [2.24, 2.45) is 5.92 Å². The van der Waals surface area contributed by atoms with Gasteiger partial charge in [0, 0.05) is 11.3 Å². The van der Waals surface area contributed by atoms with Crippen molar-refractivity contribution in [3.63, 3.8) is 0 Å². The molecule has 1 aromatic carbocycles. The van der Waals surface area contributed by atoms with Gasteiger partial charge in [0.1, 0.15) is 15.8 Å². The van der Waals surface area contributed by atoms with E-state index in [1.807, 2.05) is 12.1 Å². The van der Waals surface area contributed by atoms with Gasteiger partial charge < -0.3 is 14.2 Å². The molecule has 2 atom stereocenters. The average molecular weight is 475 g/mol. The molecule has 0 radical (unpaired) electrons. The van der Waals surface area contributed by atoms with E-state index in [9.17, 15) is 9.59 Å². The first kappa shape index (κ1) is 22.8. The lowest BCUT2D eigenvalue weighted by Crippen LogP contribution is -2.28. The molecule has 0 fully saturated rings. The molecular formula is C23H26N2O5S2. The Labute approximate surface area is 194 Å². The van der Waals surface area contributed by atoms with Crippen LogP contribution in [0.4, 0.5) is 0 Å². The van der Waals surface area contributed by atoms with Crippen LogP contribution in [0.1, 0.15) is 31.2 Å². The predicted octanol–water partition coefficient (Wildman–Crippen LogP) is 4.21. The molecular weight excluding hydrogens is 448 g/mol. The highest BCUT2D eigenvalue weighted by Crippen LogP contribution is 2.37. The first-order valence-electron chi connectivity index (χ1n) is 10.4. The summed E-state index contributed by atoms with van der Waals surface area (Å²) in [5.41, 5.74) is 1.56. The molecule has 1 aliphatic rings. The lowest BCUT2D eigenvalue weighted by molar-refractivity contribution is -0.139. The molecule has 0 unspecified atom stereocenters. The smallest absolute Gasteiger partial charge is 0.318 e. The van der Waals surface area contributed by atoms with Gasteiger partial charge in [-0.15, -0.1) is 11.3 Å². The summed E-state index contributed by atoms with van der Waals surface area (Å²) in [6.45, 7) is 6.48. The molecule has 170 valence electrons. The standard InChI is InChI=1S/C23H26N2O5S2/c1-12(2)17-10-16-18(11-30-17)32-20-19(16)21(26)25(14-6-8-15(28-4)9-7-14)23(24-20)31-13(3)22(27)29-5/h6-9,12-13,17H,10-11H2,1-5H3/t13-,17+/m1/s1. The van der Waals surface area contributed by atoms with E-state index >= 15 is 0 Å². The van der Waals surface area contributed by atoms with E-state index in [-0.39, 0.29) is 17.6 Å². The number of hydrogen-bond acceptors (Lipinski definition) is 8. The number of ether oxygens (including phenoxy) is 3. The Hall–Kier alpha value is -2.36. The van der Waals surface area contributed by atoms with Crippen LogP contribution in [0.2, 0.25) is 0 Å². The third-order valence-electron chi connectivity index (χ3n) is 5.60. The Bertz CT molecular complexity index is 1200. The van der Waals surface area contributed by atoms with Gasteiger partial charge in [0.25, 0.3) is 5.56 Å². The van der Waals surface area contributed by atoms with E-state index < -0.39 is 5.25 Å². The van der Waals surface area contributed by atoms with E-state index in [1.54, 1.807) is 30.7 Å². The second kappa shape index (κ2) is 9.25. The molecule has 0 N–H and O–H groups in total. The van der Waals surface area contributed by atoms with Crippen LogP contribution < -0.4 is 10.3 Å². The Morgan fingerprint density at radius 2 is 1.97 bits per heavy atom. The van der Waals surface area contributed by atoms with Gasteiger partial charge in [-0.1, -0.05) is 25.6 Å². The fraction of sp³-hybridized carbons (Fsp3) is 0.435. The van der Waals surface area contributed by atoms with Crippen molar-refractivity contribution in [2.75, 3.05) is 14.2 Å². The first-order valence-corrected chi connectivity index (χ1v) is 12.1. The summed E-state index contributed by atoms with van der Waals surface area (Å²) in [7, 11) is 2.95. The van der Waals surface area contributed by atoms with Crippen molar-refractivity contribution in [1.29, 1.82) is 0 Å². The molecule has 3 heterocycles. The van der Waals surface area contributed by atoms with Crippen LogP contribution in [0, 0.1) is 5.92 Å². The Morgan fingerprint density at radius 3 is 2.59 bits per heavy atom. The summed E-state index contributed by atoms with van der Waals surface area (Å²) in [6.07, 6.45) is 0.764. The van der Waals surface area contributed by atoms with Crippen LogP contribution in [-0.4, -0.2) is 41.1 Å². The number of hydrogen-bond donors (Lipinski definition) is 0. The Morgan fingerprint density at radius 1 is 1.25 bits per heavy atom. The van der Waals surface area contributed by atoms with Gasteiger partial charge in [-0.25, -0.2) is 4.98 Å². The molecule has 0 amide bonds. The Balaban J connectivity index is 1.91. The van der Waals surface area contributed by atoms with Gasteiger partial charge >= 0.3 is 5.97 Å². The van der Waals surface area contributed by atoms with Crippen molar-refractivity contribution in [1.82, 2.24) is 9.55 Å². The van der Waals surface area contributed by atoms with Crippen molar-refractivity contribution in [3.05, 3.63) is 45.1 Å². The minimum Gasteiger partial charge on any atom is -0.497 e. The molecule has 7 nitrogen and oxygen atoms in total. The van der Waals surface area contributed by atoms with Gasteiger partial charge in [0.15, 0.2) is 5.16 Å². The van der Waals surface area contributed by atoms with Crippen molar-refractivity contribution in [2.45, 2.75) is 50.3 Å². The maximum atomic E-state index is 13.9. The Kier molecular flexibility index (Phi) is 6.60. The highest BCUT2D eigenvalue weighted by atomic mass is 32.2. The number of aromatic nitrogens is 2. The van der Waals surface area contributed by atoms with Gasteiger partial charge in [0.05, 0.1) is 38.0 Å². The maximum Gasteiger partial charge on any atom is 0.318 e. The van der Waals surface area contributed by atoms with Gasteiger partial charge in [-0.05, 0) is 42.7 Å². The normalized spacial score (nSPS) is 16.8. The molecule has 3 aromatic rings. The summed E-state index contributed by atoms with van der Waals surface area (Å²) in [6, 6.07) is 7.24. The van der Waals surface area contributed by atoms with Gasteiger partial charge in [0.2, 0.25) is 0 Å². The molecule has 2 aromatic heterocycles. The minimum absolute atomic E-state index is 0.0718. The molecule has 0 spiro atoms. The van der Waals surface area contributed by atoms with E-state index in [1.165, 1.54) is 30.2 Å². The quantitative estimate of drug-likeness (QED) is 0.301. The fourth-order valence-electron chi connectivity index (χ4n) is 3.75. The monoisotopic (exact) mass is 474 g/mol. The zero-order valence-corrected chi connectivity index (χ0v) is 20.3. The SMILES string of the molecule is COC(=O)[C@@H](C)Sc1nc2sc3c(c2c(=O)n1-c1ccc(OC)cc1)C[C@@H](C(C)C)OC3. The molecule has 0 saturated carbocycles. The predicted molar refractivity (Wildman–Crippen MR) is 126 cm³/mol. The lowest BCUT2D eigenvalue weighted by Gasteiger charge is -2.26. The molecule has 4 rings (SSSR count). The maximum absolute atomic E-state index is 13.9. The van der Waals surface area contributed by atoms with E-state index in [2.05, 4.69) is 13.8 Å². The zero-order valence-electron chi connectivity index (χ0n) is 18.7. The zero-order chi connectivity index (χ0) is 23.0. The number of benzene rings is 1. The summed E-state index contributed by atoms with van der Waals surface area (Å²) in [5, 5.41) is 0.576. The topological polar surface area (TPSA) is 79.7 Å². The summed E-state index contributed by atoms with van der Waals surface area (Å²) in [5.74, 6) is 0.674. The minimum atomic E-state index is -0.517. The van der Waals surface area contributed by atoms with Crippen molar-refractivity contribution >= 4 is 39.3 Å². The number of nitrogens with zero attached hydrogens (tertiary/aromatic N) is 2. The summed E-state index contributed by atoms with van der Waals surface area (Å²) < 4.78 is 17.7. The number of rotatable bonds is 6. The molecule has 1 aliphatic heterocycles. The summed E-state index contributed by atoms with van der Waals surface area (Å²) >= 11 is 2.70. The van der Waals surface area contributed by atoms with Crippen LogP contribution in [0.3, 0.4) is 0 Å². The van der Waals surface area contributed by atoms with Gasteiger partial charge in [-0.3, -0.25) is 14.2 Å². The average Bonchev–Trinajstić information content (AvgIpc) is 3.16. The molecule has 0 saturated heterocycles. The van der Waals surface area contributed by atoms with Crippen LogP contribution in [-0.2, 0) is 27.3 Å². The number of esters is 1. The third kappa shape index (κ3) is 4.16. The van der Waals surface area contributed by atoms with Crippen LogP contribution in [0.5, 0.6) is 5.75 Å². The highest BCUT2D eigenvalue weighted by molar-refractivity contribution is 8.00. The van der Waals surface area contributed by atoms with Gasteiger partial charge in [-0.2, -0.15) is 0 Å². The number of thioether (sulfide) groups is 1. The lowest BCUT2D eigenvalue weighted by atomic mass is 9.96. The van der Waals surface area contributed by atoms with E-state index in [0.717, 1.165) is 10.4 Å². The molecule has 32 heavy (non-hydrogen) atoms. The second-order valence-corrected chi connectivity index (χ2v) is 10.4. The molecule has 0 bridgehead atoms. The van der Waals surface area contributed by atoms with Crippen molar-refractivity contribution < 1.29 is 19.0 Å². The number of thiophene rings is 1. The largest absolute Gasteiger partial charge is 0.497 e.